The second-order valence-corrected chi connectivity index (χ2v) is 6.56. The predicted octanol–water partition coefficient (Wildman–Crippen LogP) is 5.04. The zero-order chi connectivity index (χ0) is 13.5. The smallest absolute Gasteiger partial charge is 0.178 e. The minimum atomic E-state index is -0.264. The van der Waals surface area contributed by atoms with E-state index < -0.39 is 0 Å². The number of nitrogens with one attached hydrogen (secondary N) is 1. The third-order valence-corrected chi connectivity index (χ3v) is 4.29. The lowest BCUT2D eigenvalue weighted by Crippen LogP contribution is -2.18. The van der Waals surface area contributed by atoms with Gasteiger partial charge in [-0.2, -0.15) is 0 Å². The molecule has 0 radical (unpaired) electrons. The standard InChI is InChI=1S/C13H16BrFN2S/c1-4-13(2,3)7-17-11-6-9(15)8(14)5-10(11)16-12(17)18/h5-6H,4,7H2,1-3H3,(H,16,18). The number of aromatic amines is 1. The third-order valence-electron chi connectivity index (χ3n) is 3.36. The molecule has 98 valence electrons. The summed E-state index contributed by atoms with van der Waals surface area (Å²) in [4.78, 5) is 3.12. The fourth-order valence-electron chi connectivity index (χ4n) is 1.85. The quantitative estimate of drug-likeness (QED) is 0.782. The van der Waals surface area contributed by atoms with Crippen LogP contribution < -0.4 is 0 Å². The highest BCUT2D eigenvalue weighted by molar-refractivity contribution is 9.10. The van der Waals surface area contributed by atoms with Crippen LogP contribution in [0.1, 0.15) is 27.2 Å². The van der Waals surface area contributed by atoms with Crippen LogP contribution in [0.15, 0.2) is 16.6 Å². The Bertz CT molecular complexity index is 642. The highest BCUT2D eigenvalue weighted by atomic mass is 79.9. The monoisotopic (exact) mass is 330 g/mol. The van der Waals surface area contributed by atoms with Crippen molar-refractivity contribution in [2.45, 2.75) is 33.7 Å². The predicted molar refractivity (Wildman–Crippen MR) is 78.9 cm³/mol. The number of hydrogen-bond acceptors (Lipinski definition) is 1. The molecule has 5 heteroatoms. The van der Waals surface area contributed by atoms with Crippen molar-refractivity contribution in [3.05, 3.63) is 27.2 Å². The summed E-state index contributed by atoms with van der Waals surface area (Å²) in [6.45, 7) is 7.30. The molecule has 1 heterocycles. The van der Waals surface area contributed by atoms with Gasteiger partial charge in [0.2, 0.25) is 0 Å². The molecule has 18 heavy (non-hydrogen) atoms. The molecule has 0 aliphatic heterocycles. The molecule has 0 atom stereocenters. The van der Waals surface area contributed by atoms with Crippen molar-refractivity contribution in [2.75, 3.05) is 0 Å². The highest BCUT2D eigenvalue weighted by Gasteiger charge is 2.18. The van der Waals surface area contributed by atoms with Crippen molar-refractivity contribution in [3.8, 4) is 0 Å². The van der Waals surface area contributed by atoms with E-state index in [0.29, 0.717) is 9.24 Å². The number of imidazole rings is 1. The summed E-state index contributed by atoms with van der Waals surface area (Å²) >= 11 is 8.51. The Hall–Kier alpha value is -0.680. The van der Waals surface area contributed by atoms with Crippen molar-refractivity contribution in [1.82, 2.24) is 9.55 Å². The lowest BCUT2D eigenvalue weighted by atomic mass is 9.90. The second kappa shape index (κ2) is 4.78. The summed E-state index contributed by atoms with van der Waals surface area (Å²) in [6.07, 6.45) is 1.04. The number of benzene rings is 1. The Balaban J connectivity index is 2.60. The topological polar surface area (TPSA) is 20.7 Å². The average Bonchev–Trinajstić information content (AvgIpc) is 2.57. The van der Waals surface area contributed by atoms with E-state index in [9.17, 15) is 4.39 Å². The summed E-state index contributed by atoms with van der Waals surface area (Å²) < 4.78 is 16.7. The molecule has 0 fully saturated rings. The van der Waals surface area contributed by atoms with Crippen molar-refractivity contribution < 1.29 is 4.39 Å². The van der Waals surface area contributed by atoms with Crippen LogP contribution in [-0.2, 0) is 6.54 Å². The molecule has 2 rings (SSSR count). The number of nitrogens with zero attached hydrogens (tertiary/aromatic N) is 1. The fourth-order valence-corrected chi connectivity index (χ4v) is 2.46. The van der Waals surface area contributed by atoms with Crippen LogP contribution in [0.5, 0.6) is 0 Å². The highest BCUT2D eigenvalue weighted by Crippen LogP contribution is 2.28. The molecule has 0 spiro atoms. The first kappa shape index (κ1) is 13.7. The van der Waals surface area contributed by atoms with Gasteiger partial charge in [-0.05, 0) is 46.0 Å². The Labute approximate surface area is 119 Å². The maximum Gasteiger partial charge on any atom is 0.178 e. The first-order chi connectivity index (χ1) is 8.34. The Morgan fingerprint density at radius 2 is 2.11 bits per heavy atom. The zero-order valence-electron chi connectivity index (χ0n) is 10.7. The Morgan fingerprint density at radius 3 is 2.72 bits per heavy atom. The SMILES string of the molecule is CCC(C)(C)Cn1c(=S)[nH]c2cc(Br)c(F)cc21. The first-order valence-electron chi connectivity index (χ1n) is 5.91. The van der Waals surface area contributed by atoms with Gasteiger partial charge in [-0.25, -0.2) is 4.39 Å². The molecule has 0 aliphatic carbocycles. The van der Waals surface area contributed by atoms with E-state index in [0.717, 1.165) is 24.0 Å². The van der Waals surface area contributed by atoms with Gasteiger partial charge in [0.25, 0.3) is 0 Å². The molecular weight excluding hydrogens is 315 g/mol. The summed E-state index contributed by atoms with van der Waals surface area (Å²) in [5, 5.41) is 0. The van der Waals surface area contributed by atoms with Gasteiger partial charge >= 0.3 is 0 Å². The molecule has 0 saturated carbocycles. The largest absolute Gasteiger partial charge is 0.331 e. The van der Waals surface area contributed by atoms with Gasteiger partial charge in [0.1, 0.15) is 5.82 Å². The minimum Gasteiger partial charge on any atom is -0.331 e. The number of hydrogen-bond donors (Lipinski definition) is 1. The van der Waals surface area contributed by atoms with Crippen LogP contribution in [0.2, 0.25) is 0 Å². The average molecular weight is 331 g/mol. The zero-order valence-corrected chi connectivity index (χ0v) is 13.1. The second-order valence-electron chi connectivity index (χ2n) is 5.32. The molecule has 0 bridgehead atoms. The molecule has 0 saturated heterocycles. The summed E-state index contributed by atoms with van der Waals surface area (Å²) in [6, 6.07) is 3.26. The lowest BCUT2D eigenvalue weighted by Gasteiger charge is -2.23. The van der Waals surface area contributed by atoms with Gasteiger partial charge in [-0.3, -0.25) is 0 Å². The molecule has 0 unspecified atom stereocenters. The molecule has 2 aromatic rings. The van der Waals surface area contributed by atoms with Crippen molar-refractivity contribution in [1.29, 1.82) is 0 Å². The van der Waals surface area contributed by atoms with E-state index in [-0.39, 0.29) is 11.2 Å². The first-order valence-corrected chi connectivity index (χ1v) is 7.12. The summed E-state index contributed by atoms with van der Waals surface area (Å²) in [7, 11) is 0. The van der Waals surface area contributed by atoms with E-state index in [1.54, 1.807) is 6.07 Å². The van der Waals surface area contributed by atoms with Crippen molar-refractivity contribution in [3.63, 3.8) is 0 Å². The van der Waals surface area contributed by atoms with Gasteiger partial charge in [0.05, 0.1) is 15.5 Å². The number of fused-ring (bicyclic) bond motifs is 1. The summed E-state index contributed by atoms with van der Waals surface area (Å²) in [5.41, 5.74) is 1.82. The van der Waals surface area contributed by atoms with Crippen molar-refractivity contribution in [2.24, 2.45) is 5.41 Å². The Morgan fingerprint density at radius 1 is 1.44 bits per heavy atom. The van der Waals surface area contributed by atoms with Crippen LogP contribution >= 0.6 is 28.1 Å². The third kappa shape index (κ3) is 2.52. The Kier molecular flexibility index (Phi) is 3.65. The molecular formula is C13H16BrFN2S. The number of rotatable bonds is 3. The fraction of sp³-hybridized carbons (Fsp3) is 0.462. The van der Waals surface area contributed by atoms with Gasteiger partial charge in [-0.1, -0.05) is 20.8 Å². The molecule has 2 nitrogen and oxygen atoms in total. The molecule has 1 N–H and O–H groups in total. The summed E-state index contributed by atoms with van der Waals surface area (Å²) in [5.74, 6) is -0.264. The van der Waals surface area contributed by atoms with Crippen LogP contribution in [0.25, 0.3) is 11.0 Å². The van der Waals surface area contributed by atoms with E-state index in [1.807, 2.05) is 4.57 Å². The van der Waals surface area contributed by atoms with E-state index in [4.69, 9.17) is 12.2 Å². The van der Waals surface area contributed by atoms with E-state index >= 15 is 0 Å². The van der Waals surface area contributed by atoms with Crippen LogP contribution in [0, 0.1) is 16.0 Å². The normalized spacial score (nSPS) is 12.3. The van der Waals surface area contributed by atoms with E-state index in [2.05, 4.69) is 41.7 Å². The van der Waals surface area contributed by atoms with Gasteiger partial charge in [-0.15, -0.1) is 0 Å². The maximum absolute atomic E-state index is 13.6. The van der Waals surface area contributed by atoms with Crippen LogP contribution in [0.3, 0.4) is 0 Å². The van der Waals surface area contributed by atoms with Gasteiger partial charge < -0.3 is 9.55 Å². The van der Waals surface area contributed by atoms with Crippen LogP contribution in [-0.4, -0.2) is 9.55 Å². The van der Waals surface area contributed by atoms with Crippen molar-refractivity contribution >= 4 is 39.2 Å². The maximum atomic E-state index is 13.6. The molecule has 0 aliphatic rings. The van der Waals surface area contributed by atoms with Gasteiger partial charge in [0.15, 0.2) is 4.77 Å². The van der Waals surface area contributed by atoms with Gasteiger partial charge in [0, 0.05) is 12.6 Å². The number of halogens is 2. The lowest BCUT2D eigenvalue weighted by molar-refractivity contribution is 0.297. The minimum absolute atomic E-state index is 0.136. The number of aromatic nitrogens is 2. The molecule has 1 aromatic heterocycles. The van der Waals surface area contributed by atoms with E-state index in [1.165, 1.54) is 6.07 Å². The number of H-pyrrole nitrogens is 1. The molecule has 1 aromatic carbocycles. The van der Waals surface area contributed by atoms with Crippen LogP contribution in [0.4, 0.5) is 4.39 Å². The molecule has 0 amide bonds.